The van der Waals surface area contributed by atoms with Crippen LogP contribution < -0.4 is 5.32 Å². The van der Waals surface area contributed by atoms with Crippen LogP contribution in [0, 0.1) is 5.92 Å². The third-order valence-corrected chi connectivity index (χ3v) is 8.53. The number of likely N-dealkylation sites (tertiary alicyclic amines) is 2. The first-order valence-corrected chi connectivity index (χ1v) is 14.1. The van der Waals surface area contributed by atoms with E-state index in [2.05, 4.69) is 66.2 Å². The Morgan fingerprint density at radius 2 is 1.80 bits per heavy atom. The number of nitrogens with zero attached hydrogens (tertiary/aromatic N) is 3. The van der Waals surface area contributed by atoms with Crippen molar-refractivity contribution < 1.29 is 9.59 Å². The fourth-order valence-electron chi connectivity index (χ4n) is 6.45. The summed E-state index contributed by atoms with van der Waals surface area (Å²) >= 11 is 0. The summed E-state index contributed by atoms with van der Waals surface area (Å²) in [5.74, 6) is 0.613. The van der Waals surface area contributed by atoms with Crippen molar-refractivity contribution in [2.45, 2.75) is 89.8 Å². The van der Waals surface area contributed by atoms with Gasteiger partial charge in [0.15, 0.2) is 0 Å². The normalized spacial score (nSPS) is 25.5. The minimum atomic E-state index is -0.674. The van der Waals surface area contributed by atoms with E-state index in [1.54, 1.807) is 0 Å². The summed E-state index contributed by atoms with van der Waals surface area (Å²) in [6.45, 7) is 12.1. The van der Waals surface area contributed by atoms with E-state index in [9.17, 15) is 9.59 Å². The maximum absolute atomic E-state index is 13.8. The van der Waals surface area contributed by atoms with Crippen LogP contribution in [-0.2, 0) is 16.0 Å². The van der Waals surface area contributed by atoms with Gasteiger partial charge >= 0.3 is 0 Å². The Labute approximate surface area is 212 Å². The molecule has 0 aromatic heterocycles. The number of nitrogens with one attached hydrogen (secondary N) is 1. The van der Waals surface area contributed by atoms with Gasteiger partial charge in [0, 0.05) is 25.7 Å². The zero-order valence-corrected chi connectivity index (χ0v) is 22.2. The van der Waals surface area contributed by atoms with Crippen LogP contribution >= 0.6 is 0 Å². The van der Waals surface area contributed by atoms with Crippen molar-refractivity contribution in [2.75, 3.05) is 39.3 Å². The molecule has 0 radical (unpaired) electrons. The predicted octanol–water partition coefficient (Wildman–Crippen LogP) is 3.70. The maximum atomic E-state index is 13.8. The maximum Gasteiger partial charge on any atom is 0.246 e. The van der Waals surface area contributed by atoms with Crippen LogP contribution in [0.5, 0.6) is 0 Å². The van der Waals surface area contributed by atoms with Crippen molar-refractivity contribution in [3.8, 4) is 0 Å². The number of hydrogen-bond donors (Lipinski definition) is 1. The van der Waals surface area contributed by atoms with Crippen LogP contribution in [0.25, 0.3) is 0 Å². The lowest BCUT2D eigenvalue weighted by Gasteiger charge is -2.52. The standard InChI is InChI=1S/C29H46N4O2/c1-4-32-18-10-14-25(32)22-33-27(34)26(21-23(2)3)30-28(35)29(33)15-19-31(20-16-29)17-9-8-13-24-11-6-5-7-12-24/h5-7,11-12,23,25-26H,4,8-10,13-22H2,1-3H3,(H,30,35)/t25?,26-/m0/s1. The minimum Gasteiger partial charge on any atom is -0.342 e. The summed E-state index contributed by atoms with van der Waals surface area (Å²) in [4.78, 5) is 34.4. The van der Waals surface area contributed by atoms with Crippen molar-refractivity contribution in [2.24, 2.45) is 5.92 Å². The Hall–Kier alpha value is -1.92. The molecule has 3 aliphatic heterocycles. The van der Waals surface area contributed by atoms with Gasteiger partial charge < -0.3 is 15.1 Å². The Morgan fingerprint density at radius 3 is 2.49 bits per heavy atom. The lowest BCUT2D eigenvalue weighted by atomic mass is 9.80. The van der Waals surface area contributed by atoms with Crippen LogP contribution in [0.1, 0.15) is 71.3 Å². The molecule has 6 nitrogen and oxygen atoms in total. The zero-order chi connectivity index (χ0) is 24.8. The first kappa shape index (κ1) is 26.2. The van der Waals surface area contributed by atoms with Gasteiger partial charge in [-0.2, -0.15) is 0 Å². The molecule has 4 rings (SSSR count). The second-order valence-electron chi connectivity index (χ2n) is 11.3. The molecule has 0 bridgehead atoms. The van der Waals surface area contributed by atoms with Gasteiger partial charge in [-0.1, -0.05) is 51.1 Å². The molecule has 0 saturated carbocycles. The highest BCUT2D eigenvalue weighted by atomic mass is 16.2. The van der Waals surface area contributed by atoms with Crippen LogP contribution in [-0.4, -0.2) is 83.4 Å². The van der Waals surface area contributed by atoms with Crippen molar-refractivity contribution in [1.29, 1.82) is 0 Å². The Morgan fingerprint density at radius 1 is 1.06 bits per heavy atom. The van der Waals surface area contributed by atoms with Crippen molar-refractivity contribution in [3.05, 3.63) is 35.9 Å². The van der Waals surface area contributed by atoms with E-state index >= 15 is 0 Å². The van der Waals surface area contributed by atoms with Gasteiger partial charge in [0.05, 0.1) is 0 Å². The van der Waals surface area contributed by atoms with E-state index in [1.807, 2.05) is 4.90 Å². The van der Waals surface area contributed by atoms with E-state index in [4.69, 9.17) is 0 Å². The Bertz CT molecular complexity index is 834. The molecule has 1 aromatic carbocycles. The van der Waals surface area contributed by atoms with Gasteiger partial charge in [-0.05, 0) is 82.5 Å². The number of rotatable bonds is 10. The number of carbonyl (C=O) groups excluding carboxylic acids is 2. The van der Waals surface area contributed by atoms with Crippen LogP contribution in [0.2, 0.25) is 0 Å². The number of unbranched alkanes of at least 4 members (excludes halogenated alkanes) is 1. The van der Waals surface area contributed by atoms with E-state index < -0.39 is 5.54 Å². The molecule has 194 valence electrons. The quantitative estimate of drug-likeness (QED) is 0.517. The minimum absolute atomic E-state index is 0.0903. The first-order chi connectivity index (χ1) is 16.9. The molecule has 1 unspecified atom stereocenters. The summed E-state index contributed by atoms with van der Waals surface area (Å²) < 4.78 is 0. The summed E-state index contributed by atoms with van der Waals surface area (Å²) in [5.41, 5.74) is 0.731. The second kappa shape index (κ2) is 11.9. The second-order valence-corrected chi connectivity index (χ2v) is 11.3. The van der Waals surface area contributed by atoms with Crippen LogP contribution in [0.15, 0.2) is 30.3 Å². The highest BCUT2D eigenvalue weighted by Gasteiger charge is 2.54. The van der Waals surface area contributed by atoms with E-state index in [1.165, 1.54) is 24.8 Å². The third kappa shape index (κ3) is 6.08. The molecular formula is C29H46N4O2. The zero-order valence-electron chi connectivity index (χ0n) is 22.2. The molecule has 35 heavy (non-hydrogen) atoms. The average Bonchev–Trinajstić information content (AvgIpc) is 3.32. The molecule has 3 heterocycles. The van der Waals surface area contributed by atoms with Crippen LogP contribution in [0.4, 0.5) is 0 Å². The smallest absolute Gasteiger partial charge is 0.246 e. The number of likely N-dealkylation sites (N-methyl/N-ethyl adjacent to an activating group) is 1. The number of benzene rings is 1. The molecule has 6 heteroatoms. The first-order valence-electron chi connectivity index (χ1n) is 14.1. The summed E-state index contributed by atoms with van der Waals surface area (Å²) in [7, 11) is 0. The predicted molar refractivity (Wildman–Crippen MR) is 141 cm³/mol. The SMILES string of the molecule is CCN1CCCC1CN1C(=O)[C@H](CC(C)C)NC(=O)C12CCN(CCCCc1ccccc1)CC2. The number of aryl methyl sites for hydroxylation is 1. The average molecular weight is 483 g/mol. The molecule has 1 N–H and O–H groups in total. The highest BCUT2D eigenvalue weighted by molar-refractivity contribution is 6.00. The van der Waals surface area contributed by atoms with Gasteiger partial charge in [-0.25, -0.2) is 0 Å². The molecule has 3 saturated heterocycles. The van der Waals surface area contributed by atoms with Crippen LogP contribution in [0.3, 0.4) is 0 Å². The van der Waals surface area contributed by atoms with Gasteiger partial charge in [-0.15, -0.1) is 0 Å². The van der Waals surface area contributed by atoms with Gasteiger partial charge in [0.25, 0.3) is 0 Å². The number of piperidine rings is 1. The molecule has 1 aromatic rings. The number of hydrogen-bond acceptors (Lipinski definition) is 4. The molecule has 3 aliphatic rings. The molecule has 3 fully saturated rings. The molecular weight excluding hydrogens is 436 g/mol. The fraction of sp³-hybridized carbons (Fsp3) is 0.724. The van der Waals surface area contributed by atoms with Crippen molar-refractivity contribution >= 4 is 11.8 Å². The van der Waals surface area contributed by atoms with E-state index in [-0.39, 0.29) is 17.9 Å². The Kier molecular flexibility index (Phi) is 8.87. The number of amides is 2. The fourth-order valence-corrected chi connectivity index (χ4v) is 6.45. The lowest BCUT2D eigenvalue weighted by Crippen LogP contribution is -2.74. The summed E-state index contributed by atoms with van der Waals surface area (Å²) in [5, 5.41) is 3.16. The summed E-state index contributed by atoms with van der Waals surface area (Å²) in [6.07, 6.45) is 7.99. The third-order valence-electron chi connectivity index (χ3n) is 8.53. The molecule has 0 aliphatic carbocycles. The van der Waals surface area contributed by atoms with E-state index in [0.29, 0.717) is 24.9 Å². The van der Waals surface area contributed by atoms with Crippen molar-refractivity contribution in [3.63, 3.8) is 0 Å². The van der Waals surface area contributed by atoms with Crippen molar-refractivity contribution in [1.82, 2.24) is 20.0 Å². The monoisotopic (exact) mass is 482 g/mol. The van der Waals surface area contributed by atoms with Gasteiger partial charge in [0.2, 0.25) is 11.8 Å². The molecule has 1 spiro atoms. The number of piperazine rings is 1. The molecule has 2 atom stereocenters. The topological polar surface area (TPSA) is 55.9 Å². The Balaban J connectivity index is 1.39. The highest BCUT2D eigenvalue weighted by Crippen LogP contribution is 2.35. The number of carbonyl (C=O) groups is 2. The van der Waals surface area contributed by atoms with Gasteiger partial charge in [-0.3, -0.25) is 14.5 Å². The van der Waals surface area contributed by atoms with E-state index in [0.717, 1.165) is 58.4 Å². The largest absolute Gasteiger partial charge is 0.342 e. The lowest BCUT2D eigenvalue weighted by molar-refractivity contribution is -0.162. The van der Waals surface area contributed by atoms with Gasteiger partial charge in [0.1, 0.15) is 11.6 Å². The summed E-state index contributed by atoms with van der Waals surface area (Å²) in [6, 6.07) is 10.7. The molecule has 2 amide bonds.